The Hall–Kier alpha value is -2.62. The van der Waals surface area contributed by atoms with Gasteiger partial charge in [0.15, 0.2) is 11.6 Å². The van der Waals surface area contributed by atoms with E-state index in [2.05, 4.69) is 0 Å². The Morgan fingerprint density at radius 1 is 0.773 bits per heavy atom. The summed E-state index contributed by atoms with van der Waals surface area (Å²) in [6.45, 7) is 3.71. The van der Waals surface area contributed by atoms with Gasteiger partial charge in [-0.05, 0) is 37.1 Å². The standard InChI is InChI=1S/C18H16O4/c1-9-10(2)15-12(8-14(9)22-4)17(19)11-6-5-7-13(21-3)16(11)18(15)20/h5-8H,1-4H3. The maximum Gasteiger partial charge on any atom is 0.198 e. The van der Waals surface area contributed by atoms with Gasteiger partial charge >= 0.3 is 0 Å². The van der Waals surface area contributed by atoms with Gasteiger partial charge in [-0.2, -0.15) is 0 Å². The second kappa shape index (κ2) is 4.98. The van der Waals surface area contributed by atoms with E-state index in [0.29, 0.717) is 33.8 Å². The van der Waals surface area contributed by atoms with E-state index in [1.807, 2.05) is 13.8 Å². The fraction of sp³-hybridized carbons (Fsp3) is 0.222. The average molecular weight is 296 g/mol. The van der Waals surface area contributed by atoms with Crippen molar-refractivity contribution in [2.24, 2.45) is 0 Å². The molecule has 0 aliphatic heterocycles. The molecule has 0 N–H and O–H groups in total. The Kier molecular flexibility index (Phi) is 3.24. The van der Waals surface area contributed by atoms with E-state index in [-0.39, 0.29) is 11.6 Å². The molecule has 1 aliphatic carbocycles. The number of ketones is 2. The molecule has 0 radical (unpaired) electrons. The van der Waals surface area contributed by atoms with Crippen LogP contribution in [0.1, 0.15) is 43.0 Å². The second-order valence-corrected chi connectivity index (χ2v) is 5.29. The lowest BCUT2D eigenvalue weighted by molar-refractivity contribution is 0.0975. The molecule has 0 bridgehead atoms. The van der Waals surface area contributed by atoms with E-state index in [1.165, 1.54) is 7.11 Å². The van der Waals surface area contributed by atoms with E-state index < -0.39 is 0 Å². The molecule has 4 heteroatoms. The molecular formula is C18H16O4. The maximum atomic E-state index is 12.9. The number of fused-ring (bicyclic) bond motifs is 2. The van der Waals surface area contributed by atoms with Crippen LogP contribution >= 0.6 is 0 Å². The van der Waals surface area contributed by atoms with Crippen LogP contribution in [0.4, 0.5) is 0 Å². The van der Waals surface area contributed by atoms with Crippen molar-refractivity contribution in [1.29, 1.82) is 0 Å². The number of rotatable bonds is 2. The predicted molar refractivity (Wildman–Crippen MR) is 82.3 cm³/mol. The van der Waals surface area contributed by atoms with Crippen LogP contribution in [0.25, 0.3) is 0 Å². The first-order valence-corrected chi connectivity index (χ1v) is 6.95. The minimum absolute atomic E-state index is 0.176. The van der Waals surface area contributed by atoms with Crippen LogP contribution in [0, 0.1) is 13.8 Å². The number of carbonyl (C=O) groups excluding carboxylic acids is 2. The molecule has 0 saturated carbocycles. The van der Waals surface area contributed by atoms with Crippen molar-refractivity contribution < 1.29 is 19.1 Å². The zero-order valence-electron chi connectivity index (χ0n) is 12.9. The van der Waals surface area contributed by atoms with Gasteiger partial charge in [0.1, 0.15) is 11.5 Å². The van der Waals surface area contributed by atoms with Gasteiger partial charge in [-0.3, -0.25) is 9.59 Å². The molecule has 0 fully saturated rings. The van der Waals surface area contributed by atoms with Crippen LogP contribution in [0.3, 0.4) is 0 Å². The van der Waals surface area contributed by atoms with Gasteiger partial charge in [-0.25, -0.2) is 0 Å². The Morgan fingerprint density at radius 3 is 2.09 bits per heavy atom. The number of hydrogen-bond donors (Lipinski definition) is 0. The summed E-state index contributed by atoms with van der Waals surface area (Å²) in [7, 11) is 3.05. The van der Waals surface area contributed by atoms with E-state index >= 15 is 0 Å². The van der Waals surface area contributed by atoms with Crippen LogP contribution < -0.4 is 9.47 Å². The van der Waals surface area contributed by atoms with Crippen LogP contribution in [-0.4, -0.2) is 25.8 Å². The van der Waals surface area contributed by atoms with Crippen molar-refractivity contribution in [2.45, 2.75) is 13.8 Å². The molecule has 4 nitrogen and oxygen atoms in total. The fourth-order valence-electron chi connectivity index (χ4n) is 2.96. The van der Waals surface area contributed by atoms with Gasteiger partial charge < -0.3 is 9.47 Å². The number of hydrogen-bond acceptors (Lipinski definition) is 4. The smallest absolute Gasteiger partial charge is 0.198 e. The van der Waals surface area contributed by atoms with Gasteiger partial charge in [0.25, 0.3) is 0 Å². The van der Waals surface area contributed by atoms with Crippen molar-refractivity contribution in [2.75, 3.05) is 14.2 Å². The number of benzene rings is 2. The predicted octanol–water partition coefficient (Wildman–Crippen LogP) is 3.10. The largest absolute Gasteiger partial charge is 0.496 e. The third kappa shape index (κ3) is 1.77. The van der Waals surface area contributed by atoms with Gasteiger partial charge in [-0.1, -0.05) is 12.1 Å². The Labute approximate surface area is 128 Å². The molecule has 0 unspecified atom stereocenters. The van der Waals surface area contributed by atoms with E-state index in [9.17, 15) is 9.59 Å². The number of ether oxygens (including phenoxy) is 2. The van der Waals surface area contributed by atoms with Crippen LogP contribution in [-0.2, 0) is 0 Å². The molecule has 0 saturated heterocycles. The Bertz CT molecular complexity index is 818. The summed E-state index contributed by atoms with van der Waals surface area (Å²) >= 11 is 0. The van der Waals surface area contributed by atoms with Crippen molar-refractivity contribution >= 4 is 11.6 Å². The summed E-state index contributed by atoms with van der Waals surface area (Å²) < 4.78 is 10.6. The topological polar surface area (TPSA) is 52.6 Å². The highest BCUT2D eigenvalue weighted by Crippen LogP contribution is 2.38. The van der Waals surface area contributed by atoms with Crippen molar-refractivity contribution in [1.82, 2.24) is 0 Å². The average Bonchev–Trinajstić information content (AvgIpc) is 2.54. The lowest BCUT2D eigenvalue weighted by atomic mass is 9.80. The first-order valence-electron chi connectivity index (χ1n) is 6.95. The van der Waals surface area contributed by atoms with Crippen molar-refractivity contribution in [3.8, 4) is 11.5 Å². The minimum atomic E-state index is -0.176. The molecule has 22 heavy (non-hydrogen) atoms. The van der Waals surface area contributed by atoms with Gasteiger partial charge in [0.05, 0.1) is 19.8 Å². The molecule has 2 aromatic rings. The number of methoxy groups -OCH3 is 2. The van der Waals surface area contributed by atoms with Crippen LogP contribution in [0.5, 0.6) is 11.5 Å². The second-order valence-electron chi connectivity index (χ2n) is 5.29. The summed E-state index contributed by atoms with van der Waals surface area (Å²) in [5.74, 6) is 0.688. The highest BCUT2D eigenvalue weighted by Gasteiger charge is 2.34. The molecule has 0 spiro atoms. The van der Waals surface area contributed by atoms with Crippen LogP contribution in [0.15, 0.2) is 24.3 Å². The normalized spacial score (nSPS) is 12.7. The van der Waals surface area contributed by atoms with E-state index in [1.54, 1.807) is 31.4 Å². The van der Waals surface area contributed by atoms with Gasteiger partial charge in [0, 0.05) is 16.7 Å². The molecule has 0 amide bonds. The summed E-state index contributed by atoms with van der Waals surface area (Å²) in [5, 5.41) is 0. The summed E-state index contributed by atoms with van der Waals surface area (Å²) in [6.07, 6.45) is 0. The lowest BCUT2D eigenvalue weighted by Crippen LogP contribution is -2.23. The van der Waals surface area contributed by atoms with Crippen molar-refractivity contribution in [3.63, 3.8) is 0 Å². The van der Waals surface area contributed by atoms with Crippen LogP contribution in [0.2, 0.25) is 0 Å². The third-order valence-corrected chi connectivity index (χ3v) is 4.26. The van der Waals surface area contributed by atoms with Crippen molar-refractivity contribution in [3.05, 3.63) is 57.6 Å². The minimum Gasteiger partial charge on any atom is -0.496 e. The fourth-order valence-corrected chi connectivity index (χ4v) is 2.96. The molecule has 0 aromatic heterocycles. The van der Waals surface area contributed by atoms with Gasteiger partial charge in [0.2, 0.25) is 0 Å². The highest BCUT2D eigenvalue weighted by molar-refractivity contribution is 6.30. The summed E-state index contributed by atoms with van der Waals surface area (Å²) in [4.78, 5) is 25.7. The molecule has 112 valence electrons. The Morgan fingerprint density at radius 2 is 1.45 bits per heavy atom. The zero-order chi connectivity index (χ0) is 16.0. The first-order chi connectivity index (χ1) is 10.5. The molecule has 3 rings (SSSR count). The number of carbonyl (C=O) groups is 2. The quantitative estimate of drug-likeness (QED) is 0.729. The maximum absolute atomic E-state index is 12.9. The molecule has 0 atom stereocenters. The van der Waals surface area contributed by atoms with E-state index in [0.717, 1.165) is 11.1 Å². The summed E-state index contributed by atoms with van der Waals surface area (Å²) in [5.41, 5.74) is 3.19. The summed E-state index contributed by atoms with van der Waals surface area (Å²) in [6, 6.07) is 6.72. The molecule has 2 aromatic carbocycles. The monoisotopic (exact) mass is 296 g/mol. The lowest BCUT2D eigenvalue weighted by Gasteiger charge is -2.23. The van der Waals surface area contributed by atoms with E-state index in [4.69, 9.17) is 9.47 Å². The zero-order valence-corrected chi connectivity index (χ0v) is 12.9. The Balaban J connectivity index is 2.37. The molecule has 0 heterocycles. The highest BCUT2D eigenvalue weighted by atomic mass is 16.5. The molecular weight excluding hydrogens is 280 g/mol. The molecule has 1 aliphatic rings. The first kappa shape index (κ1) is 14.3. The SMILES string of the molecule is COc1cc2c(c(C)c1C)C(=O)c1c(OC)cccc1C2=O. The van der Waals surface area contributed by atoms with Gasteiger partial charge in [-0.15, -0.1) is 0 Å². The third-order valence-electron chi connectivity index (χ3n) is 4.26.